The van der Waals surface area contributed by atoms with Crippen molar-refractivity contribution in [3.8, 4) is 0 Å². The van der Waals surface area contributed by atoms with E-state index in [0.717, 1.165) is 12.1 Å². The van der Waals surface area contributed by atoms with Gasteiger partial charge in [-0.15, -0.1) is 5.10 Å². The fraction of sp³-hybridized carbons (Fsp3) is 0.400. The molecule has 1 saturated heterocycles. The van der Waals surface area contributed by atoms with Crippen LogP contribution in [0, 0.1) is 0 Å². The summed E-state index contributed by atoms with van der Waals surface area (Å²) in [7, 11) is 0. The quantitative estimate of drug-likeness (QED) is 0.922. The first-order valence-electron chi connectivity index (χ1n) is 7.33. The molecular formula is C15H15F3N4O2. The van der Waals surface area contributed by atoms with E-state index in [1.807, 2.05) is 0 Å². The van der Waals surface area contributed by atoms with Crippen molar-refractivity contribution in [3.05, 3.63) is 47.8 Å². The number of carbonyl (C=O) groups is 1. The molecule has 1 N–H and O–H groups in total. The van der Waals surface area contributed by atoms with Crippen LogP contribution in [-0.2, 0) is 17.5 Å². The average Bonchev–Trinajstić information content (AvgIpc) is 3.16. The van der Waals surface area contributed by atoms with Crippen molar-refractivity contribution in [2.75, 3.05) is 6.54 Å². The molecule has 1 amide bonds. The van der Waals surface area contributed by atoms with Gasteiger partial charge in [0.05, 0.1) is 23.9 Å². The molecule has 0 unspecified atom stereocenters. The zero-order chi connectivity index (χ0) is 17.3. The van der Waals surface area contributed by atoms with Gasteiger partial charge in [0.2, 0.25) is 5.91 Å². The lowest BCUT2D eigenvalue weighted by atomic mass is 10.0. The van der Waals surface area contributed by atoms with Gasteiger partial charge in [0.1, 0.15) is 6.54 Å². The lowest BCUT2D eigenvalue weighted by Gasteiger charge is -2.25. The van der Waals surface area contributed by atoms with Gasteiger partial charge in [-0.2, -0.15) is 13.2 Å². The number of hydrogen-bond acceptors (Lipinski definition) is 4. The average molecular weight is 340 g/mol. The number of nitrogens with zero attached hydrogens (tertiary/aromatic N) is 4. The van der Waals surface area contributed by atoms with Crippen LogP contribution in [0.25, 0.3) is 0 Å². The van der Waals surface area contributed by atoms with Crippen LogP contribution in [0.1, 0.15) is 23.6 Å². The Morgan fingerprint density at radius 2 is 2.00 bits per heavy atom. The highest BCUT2D eigenvalue weighted by Crippen LogP contribution is 2.35. The second kappa shape index (κ2) is 6.23. The maximum Gasteiger partial charge on any atom is 0.416 e. The van der Waals surface area contributed by atoms with Gasteiger partial charge < -0.3 is 10.0 Å². The molecule has 2 heterocycles. The lowest BCUT2D eigenvalue weighted by Crippen LogP contribution is -2.34. The number of rotatable bonds is 3. The molecule has 0 spiro atoms. The zero-order valence-electron chi connectivity index (χ0n) is 12.5. The lowest BCUT2D eigenvalue weighted by molar-refractivity contribution is -0.137. The van der Waals surface area contributed by atoms with Crippen LogP contribution in [0.15, 0.2) is 36.7 Å². The Balaban J connectivity index is 1.78. The second-order valence-electron chi connectivity index (χ2n) is 5.67. The molecule has 0 aliphatic carbocycles. The molecule has 0 saturated carbocycles. The molecule has 0 radical (unpaired) electrons. The first-order chi connectivity index (χ1) is 11.3. The highest BCUT2D eigenvalue weighted by Gasteiger charge is 2.36. The summed E-state index contributed by atoms with van der Waals surface area (Å²) >= 11 is 0. The third kappa shape index (κ3) is 3.40. The number of β-amino-alcohol motifs (C(OH)–C–C–N with tert-alkyl or cyclic N) is 1. The summed E-state index contributed by atoms with van der Waals surface area (Å²) in [5.74, 6) is -0.276. The van der Waals surface area contributed by atoms with Crippen LogP contribution in [0.4, 0.5) is 13.2 Å². The monoisotopic (exact) mass is 340 g/mol. The van der Waals surface area contributed by atoms with Gasteiger partial charge in [-0.3, -0.25) is 4.79 Å². The van der Waals surface area contributed by atoms with Crippen LogP contribution in [0.3, 0.4) is 0 Å². The van der Waals surface area contributed by atoms with Gasteiger partial charge in [0.15, 0.2) is 0 Å². The summed E-state index contributed by atoms with van der Waals surface area (Å²) in [5, 5.41) is 17.2. The summed E-state index contributed by atoms with van der Waals surface area (Å²) < 4.78 is 39.3. The molecule has 2 atom stereocenters. The van der Waals surface area contributed by atoms with Crippen LogP contribution in [0.2, 0.25) is 0 Å². The number of benzene rings is 1. The van der Waals surface area contributed by atoms with Crippen molar-refractivity contribution in [3.63, 3.8) is 0 Å². The number of carbonyl (C=O) groups excluding carboxylic acids is 1. The number of aliphatic hydroxyl groups is 1. The van der Waals surface area contributed by atoms with Crippen molar-refractivity contribution in [1.29, 1.82) is 0 Å². The maximum absolute atomic E-state index is 12.7. The molecule has 1 aromatic heterocycles. The topological polar surface area (TPSA) is 71.2 Å². The van der Waals surface area contributed by atoms with Crippen molar-refractivity contribution < 1.29 is 23.1 Å². The maximum atomic E-state index is 12.7. The molecule has 1 aromatic carbocycles. The third-order valence-corrected chi connectivity index (χ3v) is 3.99. The Labute approximate surface area is 135 Å². The van der Waals surface area contributed by atoms with Gasteiger partial charge in [-0.1, -0.05) is 17.3 Å². The number of hydrogen-bond donors (Lipinski definition) is 1. The first kappa shape index (κ1) is 16.4. The predicted molar refractivity (Wildman–Crippen MR) is 76.5 cm³/mol. The SMILES string of the molecule is O=C(Cn1ccnn1)N1C[C@H](O)C[C@H]1c1ccc(C(F)(F)F)cc1. The summed E-state index contributed by atoms with van der Waals surface area (Å²) in [5.41, 5.74) is -0.184. The Hall–Kier alpha value is -2.42. The molecule has 24 heavy (non-hydrogen) atoms. The van der Waals surface area contributed by atoms with E-state index >= 15 is 0 Å². The second-order valence-corrected chi connectivity index (χ2v) is 5.67. The predicted octanol–water partition coefficient (Wildman–Crippen LogP) is 1.63. The minimum atomic E-state index is -4.41. The number of aromatic nitrogens is 3. The Bertz CT molecular complexity index is 701. The van der Waals surface area contributed by atoms with E-state index in [1.54, 1.807) is 0 Å². The summed E-state index contributed by atoms with van der Waals surface area (Å²) in [6.07, 6.45) is -1.85. The summed E-state index contributed by atoms with van der Waals surface area (Å²) in [4.78, 5) is 13.9. The van der Waals surface area contributed by atoms with Gasteiger partial charge in [0.25, 0.3) is 0 Å². The molecule has 9 heteroatoms. The fourth-order valence-electron chi connectivity index (χ4n) is 2.85. The zero-order valence-corrected chi connectivity index (χ0v) is 12.5. The number of halogens is 3. The van der Waals surface area contributed by atoms with Crippen LogP contribution >= 0.6 is 0 Å². The van der Waals surface area contributed by atoms with Gasteiger partial charge >= 0.3 is 6.18 Å². The Morgan fingerprint density at radius 3 is 2.58 bits per heavy atom. The Kier molecular flexibility index (Phi) is 4.27. The fourth-order valence-corrected chi connectivity index (χ4v) is 2.85. The molecule has 1 aliphatic heterocycles. The van der Waals surface area contributed by atoms with E-state index in [4.69, 9.17) is 0 Å². The van der Waals surface area contributed by atoms with E-state index in [1.165, 1.54) is 34.1 Å². The number of amides is 1. The number of likely N-dealkylation sites (tertiary alicyclic amines) is 1. The molecule has 2 aromatic rings. The van der Waals surface area contributed by atoms with Crippen molar-refractivity contribution in [2.24, 2.45) is 0 Å². The molecule has 6 nitrogen and oxygen atoms in total. The van der Waals surface area contributed by atoms with Crippen molar-refractivity contribution >= 4 is 5.91 Å². The normalized spacial score (nSPS) is 21.2. The van der Waals surface area contributed by atoms with Crippen molar-refractivity contribution in [2.45, 2.75) is 31.3 Å². The van der Waals surface area contributed by atoms with E-state index in [0.29, 0.717) is 5.56 Å². The third-order valence-electron chi connectivity index (χ3n) is 3.99. The standard InChI is InChI=1S/C15H15F3N4O2/c16-15(17,18)11-3-1-10(2-4-11)13-7-12(23)8-22(13)14(24)9-21-6-5-19-20-21/h1-6,12-13,23H,7-9H2/t12-,13+/m1/s1. The van der Waals surface area contributed by atoms with Gasteiger partial charge in [-0.25, -0.2) is 4.68 Å². The van der Waals surface area contributed by atoms with Crippen LogP contribution in [0.5, 0.6) is 0 Å². The van der Waals surface area contributed by atoms with E-state index < -0.39 is 23.9 Å². The summed E-state index contributed by atoms with van der Waals surface area (Å²) in [6.45, 7) is 0.100. The minimum Gasteiger partial charge on any atom is -0.391 e. The molecule has 1 fully saturated rings. The highest BCUT2D eigenvalue weighted by atomic mass is 19.4. The molecule has 128 valence electrons. The first-order valence-corrected chi connectivity index (χ1v) is 7.33. The van der Waals surface area contributed by atoms with Crippen LogP contribution in [-0.4, -0.2) is 43.6 Å². The molecule has 1 aliphatic rings. The molecular weight excluding hydrogens is 325 g/mol. The number of alkyl halides is 3. The molecule has 3 rings (SSSR count). The molecule has 0 bridgehead atoms. The Morgan fingerprint density at radius 1 is 1.29 bits per heavy atom. The minimum absolute atomic E-state index is 0.0378. The van der Waals surface area contributed by atoms with Crippen LogP contribution < -0.4 is 0 Å². The van der Waals surface area contributed by atoms with E-state index in [9.17, 15) is 23.1 Å². The largest absolute Gasteiger partial charge is 0.416 e. The van der Waals surface area contributed by atoms with Gasteiger partial charge in [-0.05, 0) is 24.1 Å². The summed E-state index contributed by atoms with van der Waals surface area (Å²) in [6, 6.07) is 4.21. The van der Waals surface area contributed by atoms with E-state index in [2.05, 4.69) is 10.3 Å². The van der Waals surface area contributed by atoms with E-state index in [-0.39, 0.29) is 25.4 Å². The highest BCUT2D eigenvalue weighted by molar-refractivity contribution is 5.77. The number of aliphatic hydroxyl groups excluding tert-OH is 1. The van der Waals surface area contributed by atoms with Crippen molar-refractivity contribution in [1.82, 2.24) is 19.9 Å². The van der Waals surface area contributed by atoms with Gasteiger partial charge in [0, 0.05) is 12.7 Å². The smallest absolute Gasteiger partial charge is 0.391 e.